The molecule has 1 N–H and O–H groups in total. The predicted molar refractivity (Wildman–Crippen MR) is 81.1 cm³/mol. The van der Waals surface area contributed by atoms with Crippen LogP contribution in [0.2, 0.25) is 10.2 Å². The van der Waals surface area contributed by atoms with Crippen molar-refractivity contribution in [3.63, 3.8) is 0 Å². The highest BCUT2D eigenvalue weighted by atomic mass is 79.9. The van der Waals surface area contributed by atoms with Crippen molar-refractivity contribution in [1.29, 1.82) is 5.26 Å². The van der Waals surface area contributed by atoms with E-state index in [1.54, 1.807) is 12.1 Å². The van der Waals surface area contributed by atoms with E-state index in [-0.39, 0.29) is 16.3 Å². The third kappa shape index (κ3) is 3.28. The Kier molecular flexibility index (Phi) is 4.61. The molecule has 4 nitrogen and oxygen atoms in total. The highest BCUT2D eigenvalue weighted by molar-refractivity contribution is 9.10. The lowest BCUT2D eigenvalue weighted by Gasteiger charge is -2.07. The number of carbonyl (C=O) groups is 1. The van der Waals surface area contributed by atoms with Crippen LogP contribution in [0, 0.1) is 11.3 Å². The largest absolute Gasteiger partial charge is 0.322 e. The van der Waals surface area contributed by atoms with Gasteiger partial charge in [0.25, 0.3) is 5.91 Å². The van der Waals surface area contributed by atoms with Crippen molar-refractivity contribution in [3.05, 3.63) is 56.2 Å². The topological polar surface area (TPSA) is 65.8 Å². The minimum absolute atomic E-state index is 0.0974. The van der Waals surface area contributed by atoms with Gasteiger partial charge >= 0.3 is 0 Å². The molecule has 2 rings (SSSR count). The molecular weight excluding hydrogens is 365 g/mol. The van der Waals surface area contributed by atoms with Crippen molar-refractivity contribution in [1.82, 2.24) is 4.98 Å². The van der Waals surface area contributed by atoms with Crippen molar-refractivity contribution in [2.24, 2.45) is 0 Å². The lowest BCUT2D eigenvalue weighted by Crippen LogP contribution is -2.13. The van der Waals surface area contributed by atoms with Crippen LogP contribution in [0.3, 0.4) is 0 Å². The maximum absolute atomic E-state index is 12.1. The van der Waals surface area contributed by atoms with Gasteiger partial charge in [-0.3, -0.25) is 4.79 Å². The molecule has 0 spiro atoms. The fourth-order valence-electron chi connectivity index (χ4n) is 1.47. The first-order chi connectivity index (χ1) is 9.51. The van der Waals surface area contributed by atoms with E-state index in [1.165, 1.54) is 18.3 Å². The van der Waals surface area contributed by atoms with E-state index in [1.807, 2.05) is 6.07 Å². The summed E-state index contributed by atoms with van der Waals surface area (Å²) < 4.78 is 0.640. The van der Waals surface area contributed by atoms with Crippen LogP contribution in [0.5, 0.6) is 0 Å². The second-order valence-corrected chi connectivity index (χ2v) is 5.43. The number of hydrogen-bond acceptors (Lipinski definition) is 3. The first-order valence-corrected chi connectivity index (χ1v) is 6.88. The quantitative estimate of drug-likeness (QED) is 0.802. The van der Waals surface area contributed by atoms with Crippen molar-refractivity contribution < 1.29 is 4.79 Å². The molecule has 1 heterocycles. The van der Waals surface area contributed by atoms with Gasteiger partial charge in [-0.1, -0.05) is 23.2 Å². The van der Waals surface area contributed by atoms with E-state index in [2.05, 4.69) is 26.2 Å². The molecule has 20 heavy (non-hydrogen) atoms. The van der Waals surface area contributed by atoms with E-state index in [4.69, 9.17) is 28.5 Å². The van der Waals surface area contributed by atoms with Gasteiger partial charge in [0.2, 0.25) is 0 Å². The molecule has 0 bridgehead atoms. The first kappa shape index (κ1) is 14.8. The average molecular weight is 371 g/mol. The number of anilines is 1. The van der Waals surface area contributed by atoms with Gasteiger partial charge in [-0.2, -0.15) is 5.26 Å². The predicted octanol–water partition coefficient (Wildman–Crippen LogP) is 4.27. The van der Waals surface area contributed by atoms with E-state index < -0.39 is 5.91 Å². The molecule has 1 amide bonds. The molecule has 100 valence electrons. The summed E-state index contributed by atoms with van der Waals surface area (Å²) in [6.45, 7) is 0. The minimum atomic E-state index is -0.421. The fourth-order valence-corrected chi connectivity index (χ4v) is 2.15. The third-order valence-corrected chi connectivity index (χ3v) is 3.46. The molecule has 7 heteroatoms. The lowest BCUT2D eigenvalue weighted by atomic mass is 10.2. The molecule has 1 aromatic carbocycles. The van der Waals surface area contributed by atoms with Crippen molar-refractivity contribution in [2.45, 2.75) is 0 Å². The Balaban J connectivity index is 2.28. The molecule has 0 aliphatic rings. The second-order valence-electron chi connectivity index (χ2n) is 3.75. The van der Waals surface area contributed by atoms with Gasteiger partial charge in [0, 0.05) is 16.4 Å². The van der Waals surface area contributed by atoms with E-state index in [9.17, 15) is 4.79 Å². The van der Waals surface area contributed by atoms with Gasteiger partial charge in [-0.15, -0.1) is 0 Å². The summed E-state index contributed by atoms with van der Waals surface area (Å²) in [5.41, 5.74) is 0.962. The van der Waals surface area contributed by atoms with Gasteiger partial charge in [0.05, 0.1) is 16.1 Å². The van der Waals surface area contributed by atoms with Crippen molar-refractivity contribution >= 4 is 50.7 Å². The molecule has 0 aliphatic heterocycles. The molecule has 0 aliphatic carbocycles. The van der Waals surface area contributed by atoms with Crippen LogP contribution in [-0.4, -0.2) is 10.9 Å². The molecule has 0 fully saturated rings. The lowest BCUT2D eigenvalue weighted by molar-refractivity contribution is 0.102. The number of pyridine rings is 1. The Hall–Kier alpha value is -1.61. The molecular formula is C13H6BrCl2N3O. The number of amides is 1. The van der Waals surface area contributed by atoms with Crippen LogP contribution < -0.4 is 5.32 Å². The maximum atomic E-state index is 12.1. The molecule has 0 saturated carbocycles. The summed E-state index contributed by atoms with van der Waals surface area (Å²) in [6.07, 6.45) is 1.50. The normalized spacial score (nSPS) is 9.90. The van der Waals surface area contributed by atoms with Crippen molar-refractivity contribution in [2.75, 3.05) is 5.32 Å². The first-order valence-electron chi connectivity index (χ1n) is 5.33. The van der Waals surface area contributed by atoms with E-state index >= 15 is 0 Å². The zero-order valence-electron chi connectivity index (χ0n) is 9.82. The summed E-state index contributed by atoms with van der Waals surface area (Å²) in [4.78, 5) is 16.0. The van der Waals surface area contributed by atoms with Gasteiger partial charge in [0.15, 0.2) is 0 Å². The van der Waals surface area contributed by atoms with Crippen LogP contribution in [-0.2, 0) is 0 Å². The number of carbonyl (C=O) groups excluding carboxylic acids is 1. The molecule has 1 aromatic heterocycles. The van der Waals surface area contributed by atoms with Crippen LogP contribution >= 0.6 is 39.1 Å². The summed E-state index contributed by atoms with van der Waals surface area (Å²) in [5, 5.41) is 11.9. The molecule has 0 radical (unpaired) electrons. The van der Waals surface area contributed by atoms with Crippen LogP contribution in [0.25, 0.3) is 0 Å². The Morgan fingerprint density at radius 2 is 2.10 bits per heavy atom. The highest BCUT2D eigenvalue weighted by Gasteiger charge is 2.13. The fraction of sp³-hybridized carbons (Fsp3) is 0. The third-order valence-electron chi connectivity index (χ3n) is 2.40. The monoisotopic (exact) mass is 369 g/mol. The summed E-state index contributed by atoms with van der Waals surface area (Å²) in [5.74, 6) is -0.421. The van der Waals surface area contributed by atoms with E-state index in [0.717, 1.165) is 0 Å². The number of nitrogens with zero attached hydrogens (tertiary/aromatic N) is 2. The van der Waals surface area contributed by atoms with Crippen LogP contribution in [0.4, 0.5) is 5.69 Å². The summed E-state index contributed by atoms with van der Waals surface area (Å²) in [7, 11) is 0. The molecule has 2 aromatic rings. The Morgan fingerprint density at radius 1 is 1.35 bits per heavy atom. The Morgan fingerprint density at radius 3 is 2.80 bits per heavy atom. The van der Waals surface area contributed by atoms with Gasteiger partial charge in [-0.05, 0) is 40.2 Å². The zero-order valence-corrected chi connectivity index (χ0v) is 12.9. The van der Waals surface area contributed by atoms with Crippen molar-refractivity contribution in [3.8, 4) is 6.07 Å². The van der Waals surface area contributed by atoms with Crippen LogP contribution in [0.1, 0.15) is 15.9 Å². The number of aromatic nitrogens is 1. The number of hydrogen-bond donors (Lipinski definition) is 1. The number of nitriles is 1. The number of halogens is 3. The number of nitrogens with one attached hydrogen (secondary N) is 1. The van der Waals surface area contributed by atoms with Gasteiger partial charge in [-0.25, -0.2) is 4.98 Å². The summed E-state index contributed by atoms with van der Waals surface area (Å²) >= 11 is 14.9. The standard InChI is InChI=1S/C13H6BrCl2N3O/c14-8-4-10(12(16)18-6-8)13(20)19-9-1-2-11(15)7(3-9)5-17/h1-4,6H,(H,19,20). The van der Waals surface area contributed by atoms with Gasteiger partial charge in [0.1, 0.15) is 11.2 Å². The van der Waals surface area contributed by atoms with E-state index in [0.29, 0.717) is 15.2 Å². The number of rotatable bonds is 2. The Labute approximate surface area is 133 Å². The number of benzene rings is 1. The van der Waals surface area contributed by atoms with Crippen LogP contribution in [0.15, 0.2) is 34.9 Å². The highest BCUT2D eigenvalue weighted by Crippen LogP contribution is 2.22. The zero-order chi connectivity index (χ0) is 14.7. The smallest absolute Gasteiger partial charge is 0.258 e. The second kappa shape index (κ2) is 6.23. The average Bonchev–Trinajstić information content (AvgIpc) is 2.43. The summed E-state index contributed by atoms with van der Waals surface area (Å²) in [6, 6.07) is 8.12. The molecule has 0 atom stereocenters. The maximum Gasteiger partial charge on any atom is 0.258 e. The van der Waals surface area contributed by atoms with Gasteiger partial charge < -0.3 is 5.32 Å². The molecule has 0 saturated heterocycles. The Bertz CT molecular complexity index is 728. The minimum Gasteiger partial charge on any atom is -0.322 e. The molecule has 0 unspecified atom stereocenters. The SMILES string of the molecule is N#Cc1cc(NC(=O)c2cc(Br)cnc2Cl)ccc1Cl.